The fraction of sp³-hybridized carbons (Fsp3) is 0. The van der Waals surface area contributed by atoms with Gasteiger partial charge in [-0.15, -0.1) is 0 Å². The Hall–Kier alpha value is -0.970. The van der Waals surface area contributed by atoms with Crippen molar-refractivity contribution in [1.29, 1.82) is 0 Å². The monoisotopic (exact) mass is 342 g/mol. The normalized spacial score (nSPS) is 10.3. The average molecular weight is 344 g/mol. The molecular weight excluding hydrogens is 336 g/mol. The van der Waals surface area contributed by atoms with Crippen molar-refractivity contribution in [2.24, 2.45) is 0 Å². The van der Waals surface area contributed by atoms with Crippen LogP contribution in [0.4, 0.5) is 0 Å². The molecule has 0 radical (unpaired) electrons. The van der Waals surface area contributed by atoms with Gasteiger partial charge in [0.2, 0.25) is 0 Å². The second-order valence-electron chi connectivity index (χ2n) is 3.51. The molecule has 2 rings (SSSR count). The standard InChI is InChI=1S/C13H8BrClO2S/c14-8-2-1-3-10(6-8)18-12-5-4-9(15)7-11(12)13(16)17/h1-7H,(H,16,17). The molecule has 0 atom stereocenters. The Morgan fingerprint density at radius 3 is 2.67 bits per heavy atom. The molecule has 0 aromatic heterocycles. The summed E-state index contributed by atoms with van der Waals surface area (Å²) in [6.07, 6.45) is 0. The van der Waals surface area contributed by atoms with Gasteiger partial charge in [-0.1, -0.05) is 45.4 Å². The lowest BCUT2D eigenvalue weighted by Crippen LogP contribution is -1.98. The van der Waals surface area contributed by atoms with Gasteiger partial charge in [0, 0.05) is 19.3 Å². The lowest BCUT2D eigenvalue weighted by molar-refractivity contribution is 0.0693. The topological polar surface area (TPSA) is 37.3 Å². The predicted molar refractivity (Wildman–Crippen MR) is 76.7 cm³/mol. The zero-order chi connectivity index (χ0) is 13.1. The zero-order valence-electron chi connectivity index (χ0n) is 9.06. The van der Waals surface area contributed by atoms with E-state index in [0.717, 1.165) is 9.37 Å². The first-order valence-electron chi connectivity index (χ1n) is 5.02. The maximum absolute atomic E-state index is 11.1. The van der Waals surface area contributed by atoms with Crippen molar-refractivity contribution in [3.63, 3.8) is 0 Å². The summed E-state index contributed by atoms with van der Waals surface area (Å²) in [6.45, 7) is 0. The average Bonchev–Trinajstić information content (AvgIpc) is 2.31. The SMILES string of the molecule is O=C(O)c1cc(Cl)ccc1Sc1cccc(Br)c1. The third-order valence-corrected chi connectivity index (χ3v) is 3.99. The number of carboxylic acids is 1. The Labute approximate surface area is 122 Å². The minimum atomic E-state index is -0.977. The quantitative estimate of drug-likeness (QED) is 0.856. The highest BCUT2D eigenvalue weighted by molar-refractivity contribution is 9.10. The zero-order valence-corrected chi connectivity index (χ0v) is 12.2. The van der Waals surface area contributed by atoms with Crippen LogP contribution < -0.4 is 0 Å². The molecule has 0 aliphatic rings. The van der Waals surface area contributed by atoms with Crippen molar-refractivity contribution >= 4 is 45.3 Å². The summed E-state index contributed by atoms with van der Waals surface area (Å²) < 4.78 is 0.957. The molecule has 0 heterocycles. The van der Waals surface area contributed by atoms with Crippen LogP contribution in [0.25, 0.3) is 0 Å². The number of rotatable bonds is 3. The van der Waals surface area contributed by atoms with Crippen LogP contribution in [0.1, 0.15) is 10.4 Å². The molecule has 0 saturated carbocycles. The van der Waals surface area contributed by atoms with Crippen molar-refractivity contribution < 1.29 is 9.90 Å². The highest BCUT2D eigenvalue weighted by Crippen LogP contribution is 2.33. The summed E-state index contributed by atoms with van der Waals surface area (Å²) in [6, 6.07) is 12.6. The van der Waals surface area contributed by atoms with E-state index in [1.54, 1.807) is 12.1 Å². The molecule has 0 bridgehead atoms. The summed E-state index contributed by atoms with van der Waals surface area (Å²) in [7, 11) is 0. The maximum atomic E-state index is 11.1. The van der Waals surface area contributed by atoms with Gasteiger partial charge in [0.25, 0.3) is 0 Å². The van der Waals surface area contributed by atoms with Gasteiger partial charge in [0.1, 0.15) is 0 Å². The van der Waals surface area contributed by atoms with Crippen molar-refractivity contribution in [3.8, 4) is 0 Å². The van der Waals surface area contributed by atoms with Crippen LogP contribution in [0.5, 0.6) is 0 Å². The summed E-state index contributed by atoms with van der Waals surface area (Å²) in [4.78, 5) is 12.8. The highest BCUT2D eigenvalue weighted by atomic mass is 79.9. The Balaban J connectivity index is 2.37. The first-order valence-corrected chi connectivity index (χ1v) is 7.01. The Bertz CT molecular complexity index is 601. The Morgan fingerprint density at radius 1 is 1.22 bits per heavy atom. The third-order valence-electron chi connectivity index (χ3n) is 2.20. The van der Waals surface area contributed by atoms with E-state index in [1.807, 2.05) is 24.3 Å². The molecule has 0 aliphatic heterocycles. The number of carbonyl (C=O) groups is 1. The number of benzene rings is 2. The van der Waals surface area contributed by atoms with Gasteiger partial charge >= 0.3 is 5.97 Å². The highest BCUT2D eigenvalue weighted by Gasteiger charge is 2.11. The summed E-state index contributed by atoms with van der Waals surface area (Å²) >= 11 is 10.6. The first-order chi connectivity index (χ1) is 8.56. The number of aromatic carboxylic acids is 1. The minimum absolute atomic E-state index is 0.215. The fourth-order valence-corrected chi connectivity index (χ4v) is 3.12. The molecule has 2 nitrogen and oxygen atoms in total. The van der Waals surface area contributed by atoms with E-state index in [0.29, 0.717) is 9.92 Å². The van der Waals surface area contributed by atoms with E-state index in [4.69, 9.17) is 16.7 Å². The van der Waals surface area contributed by atoms with Crippen molar-refractivity contribution in [1.82, 2.24) is 0 Å². The number of hydrogen-bond donors (Lipinski definition) is 1. The van der Waals surface area contributed by atoms with Crippen LogP contribution in [-0.4, -0.2) is 11.1 Å². The van der Waals surface area contributed by atoms with Crippen LogP contribution >= 0.6 is 39.3 Å². The molecule has 1 N–H and O–H groups in total. The van der Waals surface area contributed by atoms with Crippen LogP contribution in [-0.2, 0) is 0 Å². The fourth-order valence-electron chi connectivity index (χ4n) is 1.42. The molecule has 0 fully saturated rings. The molecular formula is C13H8BrClO2S. The summed E-state index contributed by atoms with van der Waals surface area (Å²) in [5.74, 6) is -0.977. The Morgan fingerprint density at radius 2 is 2.00 bits per heavy atom. The lowest BCUT2D eigenvalue weighted by Gasteiger charge is -2.06. The number of carboxylic acid groups (broad SMARTS) is 1. The third kappa shape index (κ3) is 3.28. The first kappa shape index (κ1) is 13.5. The van der Waals surface area contributed by atoms with Crippen LogP contribution in [0.15, 0.2) is 56.7 Å². The summed E-state index contributed by atoms with van der Waals surface area (Å²) in [5.41, 5.74) is 0.215. The van der Waals surface area contributed by atoms with Crippen molar-refractivity contribution in [3.05, 3.63) is 57.5 Å². The van der Waals surface area contributed by atoms with E-state index in [-0.39, 0.29) is 5.56 Å². The Kier molecular flexibility index (Phi) is 4.32. The second-order valence-corrected chi connectivity index (χ2v) is 5.97. The molecule has 0 saturated heterocycles. The molecule has 0 amide bonds. The van der Waals surface area contributed by atoms with Crippen LogP contribution in [0.3, 0.4) is 0 Å². The number of halogens is 2. The van der Waals surface area contributed by atoms with E-state index in [1.165, 1.54) is 17.8 Å². The van der Waals surface area contributed by atoms with Crippen LogP contribution in [0.2, 0.25) is 5.02 Å². The van der Waals surface area contributed by atoms with Gasteiger partial charge in [-0.3, -0.25) is 0 Å². The second kappa shape index (κ2) is 5.78. The lowest BCUT2D eigenvalue weighted by atomic mass is 10.2. The smallest absolute Gasteiger partial charge is 0.336 e. The van der Waals surface area contributed by atoms with Crippen molar-refractivity contribution in [2.75, 3.05) is 0 Å². The van der Waals surface area contributed by atoms with Gasteiger partial charge in [-0.2, -0.15) is 0 Å². The van der Waals surface area contributed by atoms with Gasteiger partial charge < -0.3 is 5.11 Å². The summed E-state index contributed by atoms with van der Waals surface area (Å²) in [5, 5.41) is 9.56. The van der Waals surface area contributed by atoms with Gasteiger partial charge in [-0.05, 0) is 36.4 Å². The van der Waals surface area contributed by atoms with Crippen molar-refractivity contribution in [2.45, 2.75) is 9.79 Å². The number of hydrogen-bond acceptors (Lipinski definition) is 2. The molecule has 2 aromatic rings. The van der Waals surface area contributed by atoms with E-state index >= 15 is 0 Å². The molecule has 92 valence electrons. The molecule has 0 spiro atoms. The van der Waals surface area contributed by atoms with Gasteiger partial charge in [0.15, 0.2) is 0 Å². The molecule has 0 aliphatic carbocycles. The molecule has 18 heavy (non-hydrogen) atoms. The van der Waals surface area contributed by atoms with E-state index < -0.39 is 5.97 Å². The van der Waals surface area contributed by atoms with Gasteiger partial charge in [-0.25, -0.2) is 4.79 Å². The predicted octanol–water partition coefficient (Wildman–Crippen LogP) is 4.95. The van der Waals surface area contributed by atoms with Crippen LogP contribution in [0, 0.1) is 0 Å². The van der Waals surface area contributed by atoms with Gasteiger partial charge in [0.05, 0.1) is 5.56 Å². The molecule has 2 aromatic carbocycles. The maximum Gasteiger partial charge on any atom is 0.336 e. The minimum Gasteiger partial charge on any atom is -0.478 e. The molecule has 0 unspecified atom stereocenters. The van der Waals surface area contributed by atoms with E-state index in [9.17, 15) is 4.79 Å². The largest absolute Gasteiger partial charge is 0.478 e. The van der Waals surface area contributed by atoms with E-state index in [2.05, 4.69) is 15.9 Å². The molecule has 5 heteroatoms.